The zero-order valence-corrected chi connectivity index (χ0v) is 20.1. The second-order valence-corrected chi connectivity index (χ2v) is 8.12. The summed E-state index contributed by atoms with van der Waals surface area (Å²) in [6, 6.07) is 18.8. The van der Waals surface area contributed by atoms with Gasteiger partial charge in [0.1, 0.15) is 17.1 Å². The molecule has 0 atom stereocenters. The molecule has 0 aliphatic rings. The second kappa shape index (κ2) is 10.5. The summed E-state index contributed by atoms with van der Waals surface area (Å²) in [5.74, 6) is 1.03. The molecule has 0 spiro atoms. The SMILES string of the molecule is CCOc1ccccc1NC(=O)/C=C(\C)c1cc2c(-c3ccc(Cl)cc3)coc2cc1OCC. The highest BCUT2D eigenvalue weighted by molar-refractivity contribution is 6.30. The minimum atomic E-state index is -0.252. The van der Waals surface area contributed by atoms with Crippen molar-refractivity contribution in [3.63, 3.8) is 0 Å². The van der Waals surface area contributed by atoms with E-state index in [1.165, 1.54) is 0 Å². The Bertz CT molecular complexity index is 1340. The van der Waals surface area contributed by atoms with Crippen LogP contribution in [0.5, 0.6) is 11.5 Å². The first-order valence-corrected chi connectivity index (χ1v) is 11.5. The van der Waals surface area contributed by atoms with E-state index in [-0.39, 0.29) is 5.91 Å². The third-order valence-electron chi connectivity index (χ3n) is 5.35. The first-order valence-electron chi connectivity index (χ1n) is 11.2. The molecule has 4 rings (SSSR count). The van der Waals surface area contributed by atoms with Crippen LogP contribution >= 0.6 is 11.6 Å². The van der Waals surface area contributed by atoms with Gasteiger partial charge < -0.3 is 19.2 Å². The molecule has 0 aliphatic carbocycles. The fraction of sp³-hybridized carbons (Fsp3) is 0.179. The van der Waals surface area contributed by atoms with Gasteiger partial charge in [-0.05, 0) is 62.2 Å². The molecular weight excluding hydrogens is 450 g/mol. The Morgan fingerprint density at radius 3 is 2.44 bits per heavy atom. The standard InChI is InChI=1S/C28H26ClNO4/c1-4-32-25-9-7-6-8-24(25)30-28(31)14-18(3)21-15-22-23(19-10-12-20(29)13-11-19)17-34-27(22)16-26(21)33-5-2/h6-17H,4-5H2,1-3H3,(H,30,31)/b18-14+. The molecule has 5 nitrogen and oxygen atoms in total. The Hall–Kier alpha value is -3.70. The zero-order chi connectivity index (χ0) is 24.1. The van der Waals surface area contributed by atoms with E-state index in [1.54, 1.807) is 12.3 Å². The number of rotatable bonds is 8. The molecule has 0 aliphatic heterocycles. The first kappa shape index (κ1) is 23.5. The van der Waals surface area contributed by atoms with Crippen LogP contribution in [0.4, 0.5) is 5.69 Å². The first-order chi connectivity index (χ1) is 16.5. The van der Waals surface area contributed by atoms with Crippen LogP contribution in [-0.2, 0) is 4.79 Å². The van der Waals surface area contributed by atoms with E-state index in [0.717, 1.165) is 27.6 Å². The van der Waals surface area contributed by atoms with E-state index in [1.807, 2.05) is 81.4 Å². The van der Waals surface area contributed by atoms with Gasteiger partial charge in [0.05, 0.1) is 25.2 Å². The molecule has 0 fully saturated rings. The predicted octanol–water partition coefficient (Wildman–Crippen LogP) is 7.59. The summed E-state index contributed by atoms with van der Waals surface area (Å²) in [6.07, 6.45) is 3.29. The van der Waals surface area contributed by atoms with Crippen molar-refractivity contribution in [3.8, 4) is 22.6 Å². The average molecular weight is 476 g/mol. The van der Waals surface area contributed by atoms with Gasteiger partial charge in [0.15, 0.2) is 0 Å². The van der Waals surface area contributed by atoms with E-state index in [9.17, 15) is 4.79 Å². The third-order valence-corrected chi connectivity index (χ3v) is 5.60. The molecule has 0 radical (unpaired) electrons. The Balaban J connectivity index is 1.70. The predicted molar refractivity (Wildman–Crippen MR) is 138 cm³/mol. The number of para-hydroxylation sites is 2. The lowest BCUT2D eigenvalue weighted by Crippen LogP contribution is -2.10. The lowest BCUT2D eigenvalue weighted by Gasteiger charge is -2.13. The van der Waals surface area contributed by atoms with Gasteiger partial charge in [0.2, 0.25) is 5.91 Å². The zero-order valence-electron chi connectivity index (χ0n) is 19.4. The van der Waals surface area contributed by atoms with Crippen LogP contribution in [0.25, 0.3) is 27.7 Å². The number of hydrogen-bond donors (Lipinski definition) is 1. The largest absolute Gasteiger partial charge is 0.493 e. The van der Waals surface area contributed by atoms with Crippen LogP contribution in [0.15, 0.2) is 77.4 Å². The lowest BCUT2D eigenvalue weighted by atomic mass is 9.99. The fourth-order valence-corrected chi connectivity index (χ4v) is 3.91. The minimum absolute atomic E-state index is 0.252. The van der Waals surface area contributed by atoms with Crippen LogP contribution in [0.1, 0.15) is 26.3 Å². The summed E-state index contributed by atoms with van der Waals surface area (Å²) >= 11 is 6.05. The van der Waals surface area contributed by atoms with Crippen molar-refractivity contribution >= 4 is 39.7 Å². The van der Waals surface area contributed by atoms with E-state index >= 15 is 0 Å². The number of allylic oxidation sites excluding steroid dienone is 1. The van der Waals surface area contributed by atoms with Gasteiger partial charge in [-0.2, -0.15) is 0 Å². The van der Waals surface area contributed by atoms with Gasteiger partial charge in [-0.3, -0.25) is 4.79 Å². The molecule has 1 amide bonds. The topological polar surface area (TPSA) is 60.7 Å². The molecule has 6 heteroatoms. The van der Waals surface area contributed by atoms with Crippen LogP contribution in [0.3, 0.4) is 0 Å². The van der Waals surface area contributed by atoms with Crippen molar-refractivity contribution in [1.82, 2.24) is 0 Å². The van der Waals surface area contributed by atoms with Crippen molar-refractivity contribution in [1.29, 1.82) is 0 Å². The molecular formula is C28H26ClNO4. The summed E-state index contributed by atoms with van der Waals surface area (Å²) in [6.45, 7) is 6.72. The fourth-order valence-electron chi connectivity index (χ4n) is 3.79. The number of carbonyl (C=O) groups excluding carboxylic acids is 1. The maximum Gasteiger partial charge on any atom is 0.248 e. The Labute approximate surface area is 203 Å². The molecule has 34 heavy (non-hydrogen) atoms. The molecule has 0 bridgehead atoms. The van der Waals surface area contributed by atoms with Crippen molar-refractivity contribution in [2.24, 2.45) is 0 Å². The summed E-state index contributed by atoms with van der Waals surface area (Å²) in [7, 11) is 0. The molecule has 174 valence electrons. The van der Waals surface area contributed by atoms with Gasteiger partial charge in [-0.1, -0.05) is 35.9 Å². The average Bonchev–Trinajstić information content (AvgIpc) is 3.23. The highest BCUT2D eigenvalue weighted by atomic mass is 35.5. The number of anilines is 1. The van der Waals surface area contributed by atoms with Crippen molar-refractivity contribution in [2.75, 3.05) is 18.5 Å². The van der Waals surface area contributed by atoms with Crippen LogP contribution in [-0.4, -0.2) is 19.1 Å². The van der Waals surface area contributed by atoms with Gasteiger partial charge in [-0.25, -0.2) is 0 Å². The van der Waals surface area contributed by atoms with Gasteiger partial charge in [-0.15, -0.1) is 0 Å². The highest BCUT2D eigenvalue weighted by Crippen LogP contribution is 2.38. The Morgan fingerprint density at radius 2 is 1.71 bits per heavy atom. The lowest BCUT2D eigenvalue weighted by molar-refractivity contribution is -0.111. The summed E-state index contributed by atoms with van der Waals surface area (Å²) in [4.78, 5) is 12.8. The molecule has 0 unspecified atom stereocenters. The molecule has 4 aromatic rings. The third kappa shape index (κ3) is 5.10. The number of carbonyl (C=O) groups is 1. The van der Waals surface area contributed by atoms with E-state index in [4.69, 9.17) is 25.5 Å². The molecule has 0 saturated carbocycles. The Kier molecular flexibility index (Phi) is 7.24. The molecule has 0 saturated heterocycles. The summed E-state index contributed by atoms with van der Waals surface area (Å²) in [5.41, 5.74) is 4.85. The van der Waals surface area contributed by atoms with Crippen LogP contribution in [0.2, 0.25) is 5.02 Å². The quantitative estimate of drug-likeness (QED) is 0.266. The Morgan fingerprint density at radius 1 is 1.00 bits per heavy atom. The maximum absolute atomic E-state index is 12.8. The van der Waals surface area contributed by atoms with Crippen LogP contribution < -0.4 is 14.8 Å². The van der Waals surface area contributed by atoms with Crippen LogP contribution in [0, 0.1) is 0 Å². The highest BCUT2D eigenvalue weighted by Gasteiger charge is 2.16. The molecule has 1 heterocycles. The van der Waals surface area contributed by atoms with Crippen molar-refractivity contribution in [2.45, 2.75) is 20.8 Å². The number of halogens is 1. The maximum atomic E-state index is 12.8. The number of amides is 1. The smallest absolute Gasteiger partial charge is 0.248 e. The summed E-state index contributed by atoms with van der Waals surface area (Å²) < 4.78 is 17.3. The van der Waals surface area contributed by atoms with Gasteiger partial charge >= 0.3 is 0 Å². The van der Waals surface area contributed by atoms with Gasteiger partial charge in [0, 0.05) is 33.7 Å². The van der Waals surface area contributed by atoms with E-state index in [0.29, 0.717) is 41.0 Å². The molecule has 3 aromatic carbocycles. The minimum Gasteiger partial charge on any atom is -0.493 e. The van der Waals surface area contributed by atoms with E-state index < -0.39 is 0 Å². The number of hydrogen-bond acceptors (Lipinski definition) is 4. The monoisotopic (exact) mass is 475 g/mol. The molecule has 1 N–H and O–H groups in total. The van der Waals surface area contributed by atoms with E-state index in [2.05, 4.69) is 5.32 Å². The number of ether oxygens (including phenoxy) is 2. The second-order valence-electron chi connectivity index (χ2n) is 7.68. The normalized spacial score (nSPS) is 11.5. The number of fused-ring (bicyclic) bond motifs is 1. The number of nitrogens with one attached hydrogen (secondary N) is 1. The van der Waals surface area contributed by atoms with Crippen molar-refractivity contribution < 1.29 is 18.7 Å². The van der Waals surface area contributed by atoms with Gasteiger partial charge in [0.25, 0.3) is 0 Å². The number of benzene rings is 3. The van der Waals surface area contributed by atoms with Crippen molar-refractivity contribution in [3.05, 3.63) is 83.6 Å². The summed E-state index contributed by atoms with van der Waals surface area (Å²) in [5, 5.41) is 4.51. The number of furan rings is 1. The molecule has 1 aromatic heterocycles.